The van der Waals surface area contributed by atoms with Crippen molar-refractivity contribution in [3.63, 3.8) is 0 Å². The molecule has 3 aliphatic rings. The molecule has 0 saturated heterocycles. The highest BCUT2D eigenvalue weighted by molar-refractivity contribution is 7.53. The van der Waals surface area contributed by atoms with Crippen molar-refractivity contribution in [2.75, 3.05) is 18.1 Å². The van der Waals surface area contributed by atoms with Crippen LogP contribution in [-0.4, -0.2) is 35.8 Å². The Hall–Kier alpha value is -3.00. The summed E-state index contributed by atoms with van der Waals surface area (Å²) in [6.07, 6.45) is 6.69. The van der Waals surface area contributed by atoms with Crippen molar-refractivity contribution in [2.24, 2.45) is 5.41 Å². The van der Waals surface area contributed by atoms with Crippen LogP contribution in [0.2, 0.25) is 0 Å². The third kappa shape index (κ3) is 5.60. The Kier molecular flexibility index (Phi) is 8.45. The number of aryl methyl sites for hydroxylation is 3. The van der Waals surface area contributed by atoms with Crippen molar-refractivity contribution in [3.05, 3.63) is 64.7 Å². The summed E-state index contributed by atoms with van der Waals surface area (Å²) >= 11 is 0. The summed E-state index contributed by atoms with van der Waals surface area (Å²) in [5, 5.41) is 0. The van der Waals surface area contributed by atoms with Gasteiger partial charge in [0.25, 0.3) is 5.91 Å². The summed E-state index contributed by atoms with van der Waals surface area (Å²) in [6.45, 7) is 1.32. The van der Waals surface area contributed by atoms with E-state index in [1.807, 2.05) is 36.4 Å². The predicted molar refractivity (Wildman–Crippen MR) is 150 cm³/mol. The molecule has 1 heterocycles. The Morgan fingerprint density at radius 1 is 1.00 bits per heavy atom. The number of carbonyl (C=O) groups is 3. The quantitative estimate of drug-likeness (QED) is 0.342. The molecule has 2 aliphatic carbocycles. The van der Waals surface area contributed by atoms with Crippen molar-refractivity contribution < 1.29 is 33.2 Å². The lowest BCUT2D eigenvalue weighted by atomic mass is 9.78. The number of rotatable bonds is 8. The van der Waals surface area contributed by atoms with Gasteiger partial charge in [0.05, 0.1) is 12.0 Å². The number of para-hydroxylation sites is 1. The lowest BCUT2D eigenvalue weighted by molar-refractivity contribution is -0.161. The molecule has 2 unspecified atom stereocenters. The molecule has 2 atom stereocenters. The Morgan fingerprint density at radius 3 is 2.48 bits per heavy atom. The number of benzene rings is 2. The van der Waals surface area contributed by atoms with Crippen LogP contribution in [0.5, 0.6) is 0 Å². The molecule has 0 radical (unpaired) electrons. The zero-order valence-electron chi connectivity index (χ0n) is 22.9. The first-order valence-corrected chi connectivity index (χ1v) is 15.9. The van der Waals surface area contributed by atoms with E-state index in [0.29, 0.717) is 49.8 Å². The van der Waals surface area contributed by atoms with Crippen LogP contribution in [0.1, 0.15) is 79.8 Å². The SMILES string of the molecule is CCOP(=O)(O)C(c1ccc2c(c1)CCC2)C1(C(=O)NOC(=O)CN2C(=O)CCCc3ccccc32)CCCC1. The first kappa shape index (κ1) is 28.5. The number of amides is 2. The molecule has 2 aromatic rings. The highest BCUT2D eigenvalue weighted by Crippen LogP contribution is 2.68. The highest BCUT2D eigenvalue weighted by atomic mass is 31.2. The topological polar surface area (TPSA) is 122 Å². The molecule has 0 spiro atoms. The van der Waals surface area contributed by atoms with E-state index >= 15 is 0 Å². The Labute approximate surface area is 234 Å². The average Bonchev–Trinajstić information content (AvgIpc) is 3.58. The smallest absolute Gasteiger partial charge is 0.339 e. The molecule has 2 amide bonds. The molecule has 40 heavy (non-hydrogen) atoms. The molecule has 5 rings (SSSR count). The lowest BCUT2D eigenvalue weighted by Gasteiger charge is -2.38. The van der Waals surface area contributed by atoms with Gasteiger partial charge < -0.3 is 19.2 Å². The molecule has 214 valence electrons. The fourth-order valence-corrected chi connectivity index (χ4v) is 8.75. The molecule has 2 aromatic carbocycles. The van der Waals surface area contributed by atoms with Crippen LogP contribution in [0.3, 0.4) is 0 Å². The van der Waals surface area contributed by atoms with E-state index < -0.39 is 30.5 Å². The minimum atomic E-state index is -4.30. The van der Waals surface area contributed by atoms with Gasteiger partial charge in [0.15, 0.2) is 0 Å². The zero-order valence-corrected chi connectivity index (χ0v) is 23.8. The van der Waals surface area contributed by atoms with Gasteiger partial charge in [-0.3, -0.25) is 14.2 Å². The van der Waals surface area contributed by atoms with Gasteiger partial charge in [-0.05, 0) is 80.2 Å². The van der Waals surface area contributed by atoms with Crippen LogP contribution in [0, 0.1) is 5.41 Å². The lowest BCUT2D eigenvalue weighted by Crippen LogP contribution is -2.46. The summed E-state index contributed by atoms with van der Waals surface area (Å²) in [4.78, 5) is 57.3. The third-order valence-electron chi connectivity index (χ3n) is 8.52. The third-order valence-corrected chi connectivity index (χ3v) is 10.6. The minimum Gasteiger partial charge on any atom is -0.339 e. The summed E-state index contributed by atoms with van der Waals surface area (Å²) < 4.78 is 19.1. The molecule has 9 nitrogen and oxygen atoms in total. The predicted octanol–water partition coefficient (Wildman–Crippen LogP) is 4.94. The van der Waals surface area contributed by atoms with E-state index in [9.17, 15) is 23.8 Å². The van der Waals surface area contributed by atoms with Gasteiger partial charge in [0.1, 0.15) is 12.2 Å². The summed E-state index contributed by atoms with van der Waals surface area (Å²) in [5.74, 6) is -1.60. The van der Waals surface area contributed by atoms with E-state index in [4.69, 9.17) is 9.36 Å². The standard InChI is InChI=1S/C30H37N2O7P/c1-2-38-40(36,37)28(24-16-15-21-10-7-12-23(21)19-24)30(17-5-6-18-30)29(35)31-39-27(34)20-32-25-13-4-3-9-22(25)11-8-14-26(32)33/h3-4,9,13,15-16,19,28H,2,5-8,10-12,14,17-18,20H2,1H3,(H,31,35)(H,36,37). The van der Waals surface area contributed by atoms with E-state index in [1.165, 1.54) is 10.5 Å². The number of anilines is 1. The van der Waals surface area contributed by atoms with Crippen LogP contribution in [0.4, 0.5) is 5.69 Å². The molecular weight excluding hydrogens is 531 g/mol. The molecule has 1 fully saturated rings. The maximum absolute atomic E-state index is 13.8. The maximum Gasteiger partial charge on any atom is 0.351 e. The fraction of sp³-hybridized carbons (Fsp3) is 0.500. The van der Waals surface area contributed by atoms with Crippen LogP contribution in [0.25, 0.3) is 0 Å². The average molecular weight is 569 g/mol. The van der Waals surface area contributed by atoms with Crippen molar-refractivity contribution in [3.8, 4) is 0 Å². The van der Waals surface area contributed by atoms with Crippen LogP contribution >= 0.6 is 7.60 Å². The second-order valence-corrected chi connectivity index (χ2v) is 12.9. The summed E-state index contributed by atoms with van der Waals surface area (Å²) in [7, 11) is -4.30. The molecule has 0 aromatic heterocycles. The van der Waals surface area contributed by atoms with E-state index in [0.717, 1.165) is 36.8 Å². The Bertz CT molecular complexity index is 1340. The number of hydroxylamine groups is 1. The van der Waals surface area contributed by atoms with Gasteiger partial charge in [0.2, 0.25) is 5.91 Å². The van der Waals surface area contributed by atoms with Crippen LogP contribution < -0.4 is 10.4 Å². The number of hydrogen-bond acceptors (Lipinski definition) is 6. The highest BCUT2D eigenvalue weighted by Gasteiger charge is 2.56. The Morgan fingerprint density at radius 2 is 1.70 bits per heavy atom. The van der Waals surface area contributed by atoms with Crippen molar-refractivity contribution >= 4 is 31.1 Å². The molecule has 2 N–H and O–H groups in total. The van der Waals surface area contributed by atoms with Crippen LogP contribution in [-0.2, 0) is 47.6 Å². The van der Waals surface area contributed by atoms with Gasteiger partial charge in [-0.2, -0.15) is 5.48 Å². The number of carbonyl (C=O) groups excluding carboxylic acids is 3. The normalized spacial score (nSPS) is 20.1. The van der Waals surface area contributed by atoms with Gasteiger partial charge >= 0.3 is 13.6 Å². The second kappa shape index (κ2) is 11.9. The number of nitrogens with one attached hydrogen (secondary N) is 1. The van der Waals surface area contributed by atoms with Gasteiger partial charge in [-0.25, -0.2) is 4.79 Å². The van der Waals surface area contributed by atoms with E-state index in [1.54, 1.807) is 13.0 Å². The first-order chi connectivity index (χ1) is 19.2. The largest absolute Gasteiger partial charge is 0.351 e. The maximum atomic E-state index is 13.8. The summed E-state index contributed by atoms with van der Waals surface area (Å²) in [5.41, 5.74) is 4.49. The molecule has 10 heteroatoms. The fourth-order valence-electron chi connectivity index (χ4n) is 6.70. The number of nitrogens with zero attached hydrogens (tertiary/aromatic N) is 1. The van der Waals surface area contributed by atoms with E-state index in [2.05, 4.69) is 5.48 Å². The first-order valence-electron chi connectivity index (χ1n) is 14.2. The molecule has 1 aliphatic heterocycles. The molecule has 1 saturated carbocycles. The van der Waals surface area contributed by atoms with Gasteiger partial charge in [0, 0.05) is 12.1 Å². The van der Waals surface area contributed by atoms with Crippen molar-refractivity contribution in [1.82, 2.24) is 5.48 Å². The van der Waals surface area contributed by atoms with Gasteiger partial charge in [-0.15, -0.1) is 0 Å². The molecular formula is C30H37N2O7P. The number of fused-ring (bicyclic) bond motifs is 2. The monoisotopic (exact) mass is 568 g/mol. The minimum absolute atomic E-state index is 0.0211. The zero-order chi connectivity index (χ0) is 28.3. The Balaban J connectivity index is 1.37. The van der Waals surface area contributed by atoms with E-state index in [-0.39, 0.29) is 19.1 Å². The summed E-state index contributed by atoms with van der Waals surface area (Å²) in [6, 6.07) is 13.2. The van der Waals surface area contributed by atoms with Gasteiger partial charge in [-0.1, -0.05) is 49.2 Å². The number of hydrogen-bond donors (Lipinski definition) is 2. The van der Waals surface area contributed by atoms with Crippen LogP contribution in [0.15, 0.2) is 42.5 Å². The second-order valence-electron chi connectivity index (χ2n) is 11.0. The van der Waals surface area contributed by atoms with Crippen molar-refractivity contribution in [1.29, 1.82) is 0 Å². The van der Waals surface area contributed by atoms with Crippen molar-refractivity contribution in [2.45, 2.75) is 76.8 Å². The molecule has 0 bridgehead atoms.